The largest absolute Gasteiger partial charge is 0.371 e. The summed E-state index contributed by atoms with van der Waals surface area (Å²) < 4.78 is 0. The smallest absolute Gasteiger partial charge is 0.0366 e. The highest BCUT2D eigenvalue weighted by atomic mass is 15.2. The van der Waals surface area contributed by atoms with Crippen molar-refractivity contribution in [3.63, 3.8) is 0 Å². The van der Waals surface area contributed by atoms with Gasteiger partial charge in [0.25, 0.3) is 0 Å². The number of likely N-dealkylation sites (tertiary alicyclic amines) is 1. The standard InChI is InChI=1S/C13H17N/c1-3-12-9-14(10-12)11(2)13-7-5-4-6-8-13/h4-8,12H,2-3,9-10H2,1H3. The van der Waals surface area contributed by atoms with E-state index in [1.165, 1.54) is 30.8 Å². The minimum Gasteiger partial charge on any atom is -0.371 e. The van der Waals surface area contributed by atoms with Crippen molar-refractivity contribution < 1.29 is 0 Å². The topological polar surface area (TPSA) is 3.24 Å². The van der Waals surface area contributed by atoms with Crippen LogP contribution in [0.3, 0.4) is 0 Å². The van der Waals surface area contributed by atoms with E-state index in [0.717, 1.165) is 5.92 Å². The third-order valence-electron chi connectivity index (χ3n) is 3.02. The molecule has 1 aliphatic rings. The van der Waals surface area contributed by atoms with Gasteiger partial charge in [-0.1, -0.05) is 43.8 Å². The van der Waals surface area contributed by atoms with Crippen LogP contribution < -0.4 is 0 Å². The van der Waals surface area contributed by atoms with Gasteiger partial charge in [-0.15, -0.1) is 0 Å². The van der Waals surface area contributed by atoms with E-state index in [-0.39, 0.29) is 0 Å². The molecular weight excluding hydrogens is 170 g/mol. The van der Waals surface area contributed by atoms with Gasteiger partial charge in [-0.25, -0.2) is 0 Å². The van der Waals surface area contributed by atoms with Crippen molar-refractivity contribution in [1.82, 2.24) is 4.90 Å². The molecule has 1 heteroatoms. The normalized spacial score (nSPS) is 16.5. The van der Waals surface area contributed by atoms with Gasteiger partial charge in [-0.2, -0.15) is 0 Å². The molecule has 0 atom stereocenters. The van der Waals surface area contributed by atoms with Gasteiger partial charge in [-0.05, 0) is 17.9 Å². The molecule has 0 radical (unpaired) electrons. The third-order valence-corrected chi connectivity index (χ3v) is 3.02. The van der Waals surface area contributed by atoms with Gasteiger partial charge >= 0.3 is 0 Å². The summed E-state index contributed by atoms with van der Waals surface area (Å²) in [7, 11) is 0. The van der Waals surface area contributed by atoms with Crippen molar-refractivity contribution in [2.24, 2.45) is 5.92 Å². The minimum absolute atomic E-state index is 0.885. The summed E-state index contributed by atoms with van der Waals surface area (Å²) >= 11 is 0. The zero-order chi connectivity index (χ0) is 9.97. The van der Waals surface area contributed by atoms with E-state index >= 15 is 0 Å². The van der Waals surface area contributed by atoms with Crippen LogP contribution in [0, 0.1) is 5.92 Å². The quantitative estimate of drug-likeness (QED) is 0.703. The van der Waals surface area contributed by atoms with E-state index in [9.17, 15) is 0 Å². The molecule has 14 heavy (non-hydrogen) atoms. The molecule has 0 aliphatic carbocycles. The van der Waals surface area contributed by atoms with Gasteiger partial charge in [0.05, 0.1) is 0 Å². The Kier molecular flexibility index (Phi) is 2.58. The summed E-state index contributed by atoms with van der Waals surface area (Å²) in [6, 6.07) is 10.4. The second-order valence-corrected chi connectivity index (χ2v) is 3.99. The number of hydrogen-bond donors (Lipinski definition) is 0. The first-order valence-corrected chi connectivity index (χ1v) is 5.30. The van der Waals surface area contributed by atoms with Crippen molar-refractivity contribution in [3.05, 3.63) is 42.5 Å². The molecule has 0 amide bonds. The van der Waals surface area contributed by atoms with Crippen LogP contribution in [-0.2, 0) is 0 Å². The molecule has 1 aliphatic heterocycles. The van der Waals surface area contributed by atoms with Crippen molar-refractivity contribution in [2.75, 3.05) is 13.1 Å². The first-order chi connectivity index (χ1) is 6.81. The Morgan fingerprint density at radius 1 is 1.36 bits per heavy atom. The maximum Gasteiger partial charge on any atom is 0.0366 e. The summed E-state index contributed by atoms with van der Waals surface area (Å²) in [5.41, 5.74) is 2.43. The third kappa shape index (κ3) is 1.67. The number of rotatable bonds is 3. The molecule has 1 fully saturated rings. The molecule has 0 N–H and O–H groups in total. The van der Waals surface area contributed by atoms with Crippen LogP contribution in [0.15, 0.2) is 36.9 Å². The van der Waals surface area contributed by atoms with E-state index in [0.29, 0.717) is 0 Å². The second-order valence-electron chi connectivity index (χ2n) is 3.99. The highest BCUT2D eigenvalue weighted by Gasteiger charge is 2.25. The van der Waals surface area contributed by atoms with Crippen LogP contribution in [0.1, 0.15) is 18.9 Å². The fourth-order valence-corrected chi connectivity index (χ4v) is 1.86. The van der Waals surface area contributed by atoms with Crippen molar-refractivity contribution in [2.45, 2.75) is 13.3 Å². The monoisotopic (exact) mass is 187 g/mol. The van der Waals surface area contributed by atoms with E-state index in [4.69, 9.17) is 0 Å². The molecule has 1 aromatic carbocycles. The summed E-state index contributed by atoms with van der Waals surface area (Å²) in [4.78, 5) is 2.36. The average Bonchev–Trinajstić information content (AvgIpc) is 2.17. The van der Waals surface area contributed by atoms with Crippen molar-refractivity contribution in [3.8, 4) is 0 Å². The van der Waals surface area contributed by atoms with Crippen molar-refractivity contribution in [1.29, 1.82) is 0 Å². The molecule has 2 rings (SSSR count). The summed E-state index contributed by atoms with van der Waals surface area (Å²) in [5.74, 6) is 0.885. The zero-order valence-corrected chi connectivity index (χ0v) is 8.74. The lowest BCUT2D eigenvalue weighted by atomic mass is 9.95. The fourth-order valence-electron chi connectivity index (χ4n) is 1.86. The molecule has 0 bridgehead atoms. The zero-order valence-electron chi connectivity index (χ0n) is 8.74. The van der Waals surface area contributed by atoms with Crippen LogP contribution in [0.5, 0.6) is 0 Å². The number of nitrogens with zero attached hydrogens (tertiary/aromatic N) is 1. The molecule has 1 saturated heterocycles. The van der Waals surface area contributed by atoms with Gasteiger partial charge in [0, 0.05) is 18.8 Å². The van der Waals surface area contributed by atoms with Gasteiger partial charge in [-0.3, -0.25) is 0 Å². The summed E-state index contributed by atoms with van der Waals surface area (Å²) in [6.45, 7) is 8.77. The fraction of sp³-hybridized carbons (Fsp3) is 0.385. The Labute approximate surface area is 86.1 Å². The Bertz CT molecular complexity index is 309. The lowest BCUT2D eigenvalue weighted by Gasteiger charge is -2.42. The molecule has 1 heterocycles. The van der Waals surface area contributed by atoms with Crippen LogP contribution in [-0.4, -0.2) is 18.0 Å². The highest BCUT2D eigenvalue weighted by Crippen LogP contribution is 2.27. The van der Waals surface area contributed by atoms with E-state index in [1.807, 2.05) is 6.07 Å². The molecule has 0 unspecified atom stereocenters. The Morgan fingerprint density at radius 2 is 2.00 bits per heavy atom. The first kappa shape index (κ1) is 9.32. The summed E-state index contributed by atoms with van der Waals surface area (Å²) in [6.07, 6.45) is 1.29. The molecule has 74 valence electrons. The predicted molar refractivity (Wildman–Crippen MR) is 60.8 cm³/mol. The summed E-state index contributed by atoms with van der Waals surface area (Å²) in [5, 5.41) is 0. The first-order valence-electron chi connectivity index (χ1n) is 5.30. The Morgan fingerprint density at radius 3 is 2.57 bits per heavy atom. The predicted octanol–water partition coefficient (Wildman–Crippen LogP) is 3.00. The lowest BCUT2D eigenvalue weighted by Crippen LogP contribution is -2.44. The average molecular weight is 187 g/mol. The minimum atomic E-state index is 0.885. The highest BCUT2D eigenvalue weighted by molar-refractivity contribution is 5.62. The van der Waals surface area contributed by atoms with Crippen molar-refractivity contribution >= 4 is 5.70 Å². The van der Waals surface area contributed by atoms with Crippen LogP contribution in [0.2, 0.25) is 0 Å². The van der Waals surface area contributed by atoms with E-state index in [1.54, 1.807) is 0 Å². The van der Waals surface area contributed by atoms with Gasteiger partial charge < -0.3 is 4.90 Å². The van der Waals surface area contributed by atoms with Gasteiger partial charge in [0.2, 0.25) is 0 Å². The molecule has 1 nitrogen and oxygen atoms in total. The van der Waals surface area contributed by atoms with Crippen LogP contribution in [0.25, 0.3) is 5.70 Å². The molecule has 0 spiro atoms. The second kappa shape index (κ2) is 3.87. The van der Waals surface area contributed by atoms with Gasteiger partial charge in [0.1, 0.15) is 0 Å². The SMILES string of the molecule is C=C(c1ccccc1)N1CC(CC)C1. The lowest BCUT2D eigenvalue weighted by molar-refractivity contribution is 0.170. The van der Waals surface area contributed by atoms with Gasteiger partial charge in [0.15, 0.2) is 0 Å². The molecule has 0 saturated carbocycles. The van der Waals surface area contributed by atoms with E-state index < -0.39 is 0 Å². The van der Waals surface area contributed by atoms with Crippen LogP contribution in [0.4, 0.5) is 0 Å². The maximum absolute atomic E-state index is 4.14. The van der Waals surface area contributed by atoms with E-state index in [2.05, 4.69) is 42.7 Å². The maximum atomic E-state index is 4.14. The Hall–Kier alpha value is -1.24. The molecular formula is C13H17N. The molecule has 1 aromatic rings. The Balaban J connectivity index is 1.98. The van der Waals surface area contributed by atoms with Crippen LogP contribution >= 0.6 is 0 Å². The molecule has 0 aromatic heterocycles. The number of benzene rings is 1. The number of hydrogen-bond acceptors (Lipinski definition) is 1.